The highest BCUT2D eigenvalue weighted by molar-refractivity contribution is 7.99. The quantitative estimate of drug-likeness (QED) is 0.457. The molecule has 0 saturated heterocycles. The lowest BCUT2D eigenvalue weighted by Gasteiger charge is -2.30. The van der Waals surface area contributed by atoms with Gasteiger partial charge in [-0.3, -0.25) is 9.89 Å². The lowest BCUT2D eigenvalue weighted by molar-refractivity contribution is -0.113. The van der Waals surface area contributed by atoms with Crippen LogP contribution in [0.15, 0.2) is 51.8 Å². The number of carbonyl (C=O) groups excluding carboxylic acids is 1. The Labute approximate surface area is 195 Å². The molecule has 0 spiro atoms. The van der Waals surface area contributed by atoms with Crippen LogP contribution in [0.1, 0.15) is 32.1 Å². The summed E-state index contributed by atoms with van der Waals surface area (Å²) in [5.74, 6) is 0.403. The number of carbonyl (C=O) groups is 1. The van der Waals surface area contributed by atoms with E-state index in [9.17, 15) is 13.2 Å². The van der Waals surface area contributed by atoms with Crippen molar-refractivity contribution in [1.29, 1.82) is 0 Å². The SMILES string of the molecule is CN(C1CCCCC1)S(=O)(=O)c1ccccc1NC(=O)CSc1n[nH]c(-c2cccs2)n1. The Morgan fingerprint density at radius 3 is 2.75 bits per heavy atom. The van der Waals surface area contributed by atoms with Gasteiger partial charge in [-0.25, -0.2) is 13.4 Å². The number of para-hydroxylation sites is 1. The van der Waals surface area contributed by atoms with Crippen molar-refractivity contribution < 1.29 is 13.2 Å². The minimum absolute atomic E-state index is 0.00338. The first-order valence-corrected chi connectivity index (χ1v) is 13.7. The summed E-state index contributed by atoms with van der Waals surface area (Å²) in [6, 6.07) is 10.4. The Morgan fingerprint density at radius 2 is 2.00 bits per heavy atom. The maximum atomic E-state index is 13.3. The number of hydrogen-bond donors (Lipinski definition) is 2. The van der Waals surface area contributed by atoms with E-state index in [-0.39, 0.29) is 28.3 Å². The number of thioether (sulfide) groups is 1. The predicted molar refractivity (Wildman–Crippen MR) is 127 cm³/mol. The molecule has 2 N–H and O–H groups in total. The molecule has 0 aliphatic heterocycles. The Balaban J connectivity index is 1.42. The lowest BCUT2D eigenvalue weighted by atomic mass is 9.96. The monoisotopic (exact) mass is 491 g/mol. The highest BCUT2D eigenvalue weighted by Crippen LogP contribution is 2.30. The third-order valence-electron chi connectivity index (χ3n) is 5.46. The molecule has 170 valence electrons. The summed E-state index contributed by atoms with van der Waals surface area (Å²) < 4.78 is 28.0. The molecule has 4 rings (SSSR count). The molecule has 1 saturated carbocycles. The highest BCUT2D eigenvalue weighted by Gasteiger charge is 2.31. The minimum atomic E-state index is -3.72. The standard InChI is InChI=1S/C21H25N5O3S3/c1-26(15-8-3-2-4-9-15)32(28,29)18-12-6-5-10-16(18)22-19(27)14-31-21-23-20(24-25-21)17-11-7-13-30-17/h5-7,10-13,15H,2-4,8-9,14H2,1H3,(H,22,27)(H,23,24,25). The van der Waals surface area contributed by atoms with Crippen molar-refractivity contribution in [2.24, 2.45) is 0 Å². The average Bonchev–Trinajstić information content (AvgIpc) is 3.50. The van der Waals surface area contributed by atoms with E-state index in [1.807, 2.05) is 17.5 Å². The zero-order valence-electron chi connectivity index (χ0n) is 17.7. The number of aromatic amines is 1. The first kappa shape index (κ1) is 23.0. The fourth-order valence-corrected chi connectivity index (χ4v) is 6.57. The van der Waals surface area contributed by atoms with E-state index in [0.29, 0.717) is 11.0 Å². The number of thiophene rings is 1. The van der Waals surface area contributed by atoms with Crippen molar-refractivity contribution in [3.8, 4) is 10.7 Å². The summed E-state index contributed by atoms with van der Waals surface area (Å²) in [7, 11) is -2.09. The van der Waals surface area contributed by atoms with Gasteiger partial charge in [-0.2, -0.15) is 4.31 Å². The topological polar surface area (TPSA) is 108 Å². The molecule has 32 heavy (non-hydrogen) atoms. The normalized spacial score (nSPS) is 15.2. The summed E-state index contributed by atoms with van der Waals surface area (Å²) in [6.45, 7) is 0. The van der Waals surface area contributed by atoms with Crippen LogP contribution in [0, 0.1) is 0 Å². The molecule has 0 atom stereocenters. The van der Waals surface area contributed by atoms with Gasteiger partial charge in [-0.15, -0.1) is 16.4 Å². The Morgan fingerprint density at radius 1 is 1.22 bits per heavy atom. The Hall–Kier alpha value is -2.21. The Kier molecular flexibility index (Phi) is 7.29. The first-order valence-electron chi connectivity index (χ1n) is 10.4. The maximum Gasteiger partial charge on any atom is 0.245 e. The number of nitrogens with zero attached hydrogens (tertiary/aromatic N) is 3. The second-order valence-corrected chi connectivity index (χ2v) is 11.4. The van der Waals surface area contributed by atoms with Gasteiger partial charge in [0.05, 0.1) is 16.3 Å². The van der Waals surface area contributed by atoms with E-state index < -0.39 is 10.0 Å². The highest BCUT2D eigenvalue weighted by atomic mass is 32.2. The molecule has 0 bridgehead atoms. The number of hydrogen-bond acceptors (Lipinski definition) is 7. The Bertz CT molecular complexity index is 1160. The smallest absolute Gasteiger partial charge is 0.245 e. The minimum Gasteiger partial charge on any atom is -0.324 e. The second-order valence-electron chi connectivity index (χ2n) is 7.59. The van der Waals surface area contributed by atoms with Crippen molar-refractivity contribution in [2.45, 2.75) is 48.2 Å². The van der Waals surface area contributed by atoms with Gasteiger partial charge in [0, 0.05) is 13.1 Å². The van der Waals surface area contributed by atoms with Gasteiger partial charge in [-0.05, 0) is 36.4 Å². The number of benzene rings is 1. The zero-order valence-corrected chi connectivity index (χ0v) is 20.1. The van der Waals surface area contributed by atoms with Crippen LogP contribution in [0.2, 0.25) is 0 Å². The molecule has 1 aliphatic rings. The van der Waals surface area contributed by atoms with Crippen LogP contribution in [-0.2, 0) is 14.8 Å². The van der Waals surface area contributed by atoms with Gasteiger partial charge in [0.25, 0.3) is 0 Å². The number of H-pyrrole nitrogens is 1. The van der Waals surface area contributed by atoms with E-state index in [4.69, 9.17) is 0 Å². The van der Waals surface area contributed by atoms with Crippen LogP contribution in [0.5, 0.6) is 0 Å². The number of rotatable bonds is 8. The summed E-state index contributed by atoms with van der Waals surface area (Å²) in [6.07, 6.45) is 4.95. The van der Waals surface area contributed by atoms with Gasteiger partial charge in [0.1, 0.15) is 4.90 Å². The molecule has 1 amide bonds. The molecule has 2 heterocycles. The number of anilines is 1. The molecular formula is C21H25N5O3S3. The average molecular weight is 492 g/mol. The van der Waals surface area contributed by atoms with Gasteiger partial charge < -0.3 is 5.32 Å². The summed E-state index contributed by atoms with van der Waals surface area (Å²) in [4.78, 5) is 18.0. The van der Waals surface area contributed by atoms with Gasteiger partial charge >= 0.3 is 0 Å². The van der Waals surface area contributed by atoms with Crippen molar-refractivity contribution in [3.63, 3.8) is 0 Å². The lowest BCUT2D eigenvalue weighted by Crippen LogP contribution is -2.38. The van der Waals surface area contributed by atoms with Crippen LogP contribution in [0.3, 0.4) is 0 Å². The molecule has 0 radical (unpaired) electrons. The predicted octanol–water partition coefficient (Wildman–Crippen LogP) is 4.22. The molecule has 11 heteroatoms. The molecule has 2 aromatic heterocycles. The number of amides is 1. The molecule has 8 nitrogen and oxygen atoms in total. The third-order valence-corrected chi connectivity index (χ3v) is 9.15. The van der Waals surface area contributed by atoms with Gasteiger partial charge in [0.2, 0.25) is 21.1 Å². The van der Waals surface area contributed by atoms with Crippen LogP contribution in [0.25, 0.3) is 10.7 Å². The largest absolute Gasteiger partial charge is 0.324 e. The van der Waals surface area contributed by atoms with Gasteiger partial charge in [-0.1, -0.05) is 49.2 Å². The summed E-state index contributed by atoms with van der Waals surface area (Å²) in [5, 5.41) is 12.2. The van der Waals surface area contributed by atoms with Crippen LogP contribution >= 0.6 is 23.1 Å². The number of sulfonamides is 1. The summed E-state index contributed by atoms with van der Waals surface area (Å²) in [5.41, 5.74) is 0.287. The van der Waals surface area contributed by atoms with E-state index in [2.05, 4.69) is 20.5 Å². The van der Waals surface area contributed by atoms with Crippen molar-refractivity contribution in [2.75, 3.05) is 18.1 Å². The summed E-state index contributed by atoms with van der Waals surface area (Å²) >= 11 is 2.74. The van der Waals surface area contributed by atoms with Crippen LogP contribution in [0.4, 0.5) is 5.69 Å². The molecule has 1 fully saturated rings. The molecule has 1 aromatic carbocycles. The molecule has 0 unspecified atom stereocenters. The van der Waals surface area contributed by atoms with Crippen LogP contribution < -0.4 is 5.32 Å². The van der Waals surface area contributed by atoms with E-state index in [1.165, 1.54) is 16.1 Å². The van der Waals surface area contributed by atoms with Gasteiger partial charge in [0.15, 0.2) is 5.82 Å². The van der Waals surface area contributed by atoms with Crippen molar-refractivity contribution in [3.05, 3.63) is 41.8 Å². The third kappa shape index (κ3) is 5.22. The maximum absolute atomic E-state index is 13.3. The molecular weight excluding hydrogens is 466 g/mol. The van der Waals surface area contributed by atoms with E-state index in [0.717, 1.165) is 37.0 Å². The molecule has 3 aromatic rings. The fourth-order valence-electron chi connectivity index (χ4n) is 3.74. The number of aromatic nitrogens is 3. The molecule has 1 aliphatic carbocycles. The van der Waals surface area contributed by atoms with E-state index in [1.54, 1.807) is 42.6 Å². The van der Waals surface area contributed by atoms with Crippen molar-refractivity contribution >= 4 is 44.7 Å². The van der Waals surface area contributed by atoms with Crippen LogP contribution in [-0.4, -0.2) is 52.7 Å². The number of nitrogens with one attached hydrogen (secondary N) is 2. The first-order chi connectivity index (χ1) is 15.4. The van der Waals surface area contributed by atoms with Crippen molar-refractivity contribution in [1.82, 2.24) is 19.5 Å². The van der Waals surface area contributed by atoms with E-state index >= 15 is 0 Å². The fraction of sp³-hybridized carbons (Fsp3) is 0.381. The second kappa shape index (κ2) is 10.2. The zero-order chi connectivity index (χ0) is 22.6.